The van der Waals surface area contributed by atoms with E-state index in [4.69, 9.17) is 0 Å². The lowest BCUT2D eigenvalue weighted by molar-refractivity contribution is -0.137. The lowest BCUT2D eigenvalue weighted by Crippen LogP contribution is -2.06. The summed E-state index contributed by atoms with van der Waals surface area (Å²) in [4.78, 5) is 22.5. The van der Waals surface area contributed by atoms with E-state index in [-0.39, 0.29) is 28.4 Å². The molecule has 26 heavy (non-hydrogen) atoms. The highest BCUT2D eigenvalue weighted by Gasteiger charge is 2.30. The molecule has 0 saturated carbocycles. The van der Waals surface area contributed by atoms with E-state index < -0.39 is 17.3 Å². The Labute approximate surface area is 142 Å². The quantitative estimate of drug-likeness (QED) is 0.543. The molecule has 4 rings (SSSR count). The lowest BCUT2D eigenvalue weighted by Gasteiger charge is -2.08. The predicted molar refractivity (Wildman–Crippen MR) is 85.7 cm³/mol. The van der Waals surface area contributed by atoms with E-state index in [1.807, 2.05) is 0 Å². The van der Waals surface area contributed by atoms with Crippen molar-refractivity contribution in [1.82, 2.24) is 24.6 Å². The van der Waals surface area contributed by atoms with E-state index >= 15 is 0 Å². The summed E-state index contributed by atoms with van der Waals surface area (Å²) in [7, 11) is 0. The highest BCUT2D eigenvalue weighted by Crippen LogP contribution is 2.31. The Hall–Kier alpha value is -3.43. The molecule has 4 aromatic rings. The van der Waals surface area contributed by atoms with Crippen molar-refractivity contribution in [2.24, 2.45) is 0 Å². The normalized spacial score (nSPS) is 12.2. The van der Waals surface area contributed by atoms with Crippen LogP contribution in [-0.2, 0) is 6.18 Å². The number of nitrogens with one attached hydrogen (secondary N) is 1. The van der Waals surface area contributed by atoms with Gasteiger partial charge >= 0.3 is 6.18 Å². The van der Waals surface area contributed by atoms with Crippen LogP contribution in [0.3, 0.4) is 0 Å². The Kier molecular flexibility index (Phi) is 3.26. The topological polar surface area (TPSA) is 96.2 Å². The number of fused-ring (bicyclic) bond motifs is 2. The molecule has 0 aliphatic carbocycles. The number of hydrogen-bond donors (Lipinski definition) is 2. The van der Waals surface area contributed by atoms with Crippen LogP contribution in [0.5, 0.6) is 5.88 Å². The van der Waals surface area contributed by atoms with Gasteiger partial charge in [0.25, 0.3) is 5.56 Å². The third-order valence-electron chi connectivity index (χ3n) is 3.85. The molecule has 0 bridgehead atoms. The van der Waals surface area contributed by atoms with Gasteiger partial charge in [-0.05, 0) is 25.1 Å². The average Bonchev–Trinajstić information content (AvgIpc) is 2.96. The molecule has 0 saturated heterocycles. The van der Waals surface area contributed by atoms with Gasteiger partial charge in [0.05, 0.1) is 28.4 Å². The number of benzene rings is 1. The molecule has 10 heteroatoms. The van der Waals surface area contributed by atoms with Crippen LogP contribution in [0.15, 0.2) is 35.1 Å². The first-order chi connectivity index (χ1) is 12.2. The lowest BCUT2D eigenvalue weighted by atomic mass is 10.1. The van der Waals surface area contributed by atoms with Crippen molar-refractivity contribution >= 4 is 16.7 Å². The van der Waals surface area contributed by atoms with Gasteiger partial charge in [-0.15, -0.1) is 0 Å². The minimum absolute atomic E-state index is 0.0650. The molecule has 1 aromatic carbocycles. The van der Waals surface area contributed by atoms with E-state index in [0.29, 0.717) is 11.2 Å². The zero-order valence-corrected chi connectivity index (χ0v) is 13.2. The zero-order chi connectivity index (χ0) is 18.6. The number of H-pyrrole nitrogens is 1. The van der Waals surface area contributed by atoms with Crippen LogP contribution in [0, 0.1) is 6.92 Å². The van der Waals surface area contributed by atoms with E-state index in [1.54, 1.807) is 6.92 Å². The fourth-order valence-corrected chi connectivity index (χ4v) is 2.66. The Balaban J connectivity index is 1.94. The van der Waals surface area contributed by atoms with E-state index in [9.17, 15) is 23.1 Å². The third kappa shape index (κ3) is 2.55. The number of aromatic amines is 1. The standard InChI is InChI=1S/C16H10F3N5O2/c1-7-15(11-5-12-22-13(25)6-14(26)24(12)23-11)21-10-4-8(16(17,18)19)2-3-9(10)20-7/h2-6,26H,1H3,(H,22,25). The van der Waals surface area contributed by atoms with E-state index in [1.165, 1.54) is 12.1 Å². The summed E-state index contributed by atoms with van der Waals surface area (Å²) >= 11 is 0. The molecule has 0 amide bonds. The molecule has 0 unspecified atom stereocenters. The molecule has 0 atom stereocenters. The minimum atomic E-state index is -4.49. The van der Waals surface area contributed by atoms with Crippen LogP contribution in [-0.4, -0.2) is 29.7 Å². The second kappa shape index (κ2) is 5.28. The van der Waals surface area contributed by atoms with Gasteiger partial charge in [-0.3, -0.25) is 4.79 Å². The molecule has 2 N–H and O–H groups in total. The Bertz CT molecular complexity index is 1230. The second-order valence-corrected chi connectivity index (χ2v) is 5.68. The average molecular weight is 361 g/mol. The summed E-state index contributed by atoms with van der Waals surface area (Å²) in [6, 6.07) is 5.54. The second-order valence-electron chi connectivity index (χ2n) is 5.68. The largest absolute Gasteiger partial charge is 0.493 e. The van der Waals surface area contributed by atoms with Gasteiger partial charge in [-0.2, -0.15) is 22.8 Å². The first-order valence-electron chi connectivity index (χ1n) is 7.40. The van der Waals surface area contributed by atoms with Gasteiger partial charge in [0, 0.05) is 6.07 Å². The number of alkyl halides is 3. The third-order valence-corrected chi connectivity index (χ3v) is 3.85. The summed E-state index contributed by atoms with van der Waals surface area (Å²) in [6.07, 6.45) is -4.49. The molecule has 0 aliphatic rings. The summed E-state index contributed by atoms with van der Waals surface area (Å²) in [6.45, 7) is 1.64. The molecular weight excluding hydrogens is 351 g/mol. The first kappa shape index (κ1) is 16.1. The van der Waals surface area contributed by atoms with Crippen LogP contribution in [0.4, 0.5) is 13.2 Å². The van der Waals surface area contributed by atoms with Crippen LogP contribution < -0.4 is 5.56 Å². The van der Waals surface area contributed by atoms with E-state index in [0.717, 1.165) is 22.7 Å². The summed E-state index contributed by atoms with van der Waals surface area (Å²) < 4.78 is 39.8. The number of rotatable bonds is 1. The monoisotopic (exact) mass is 361 g/mol. The number of halogens is 3. The SMILES string of the molecule is Cc1nc2ccc(C(F)(F)F)cc2nc1-c1cc2[nH]c(=O)cc(O)n2n1. The van der Waals surface area contributed by atoms with Gasteiger partial charge in [-0.25, -0.2) is 9.97 Å². The highest BCUT2D eigenvalue weighted by atomic mass is 19.4. The predicted octanol–water partition coefficient (Wildman–Crippen LogP) is 2.67. The van der Waals surface area contributed by atoms with Crippen LogP contribution in [0.1, 0.15) is 11.3 Å². The molecule has 0 spiro atoms. The van der Waals surface area contributed by atoms with Crippen molar-refractivity contribution in [3.05, 3.63) is 51.9 Å². The molecule has 0 aliphatic heterocycles. The zero-order valence-electron chi connectivity index (χ0n) is 13.2. The van der Waals surface area contributed by atoms with Gasteiger partial charge in [-0.1, -0.05) is 0 Å². The Morgan fingerprint density at radius 1 is 1.12 bits per heavy atom. The van der Waals surface area contributed by atoms with Crippen LogP contribution in [0.25, 0.3) is 28.1 Å². The van der Waals surface area contributed by atoms with Gasteiger partial charge in [0.15, 0.2) is 0 Å². The summed E-state index contributed by atoms with van der Waals surface area (Å²) in [5.41, 5.74) is 0.211. The highest BCUT2D eigenvalue weighted by molar-refractivity contribution is 5.79. The molecule has 3 aromatic heterocycles. The van der Waals surface area contributed by atoms with Gasteiger partial charge < -0.3 is 10.1 Å². The molecule has 0 radical (unpaired) electrons. The number of aromatic hydroxyl groups is 1. The van der Waals surface area contributed by atoms with Gasteiger partial charge in [0.2, 0.25) is 5.88 Å². The Morgan fingerprint density at radius 2 is 1.88 bits per heavy atom. The number of aryl methyl sites for hydroxylation is 1. The maximum absolute atomic E-state index is 12.9. The minimum Gasteiger partial charge on any atom is -0.493 e. The number of hydrogen-bond acceptors (Lipinski definition) is 5. The van der Waals surface area contributed by atoms with Crippen molar-refractivity contribution in [3.8, 4) is 17.3 Å². The fraction of sp³-hybridized carbons (Fsp3) is 0.125. The van der Waals surface area contributed by atoms with Crippen LogP contribution >= 0.6 is 0 Å². The Morgan fingerprint density at radius 3 is 2.62 bits per heavy atom. The van der Waals surface area contributed by atoms with E-state index in [2.05, 4.69) is 20.1 Å². The molecule has 132 valence electrons. The number of nitrogens with zero attached hydrogens (tertiary/aromatic N) is 4. The maximum Gasteiger partial charge on any atom is 0.416 e. The van der Waals surface area contributed by atoms with Crippen molar-refractivity contribution in [2.45, 2.75) is 13.1 Å². The smallest absolute Gasteiger partial charge is 0.416 e. The molecular formula is C16H10F3N5O2. The molecule has 7 nitrogen and oxygen atoms in total. The van der Waals surface area contributed by atoms with Crippen molar-refractivity contribution in [3.63, 3.8) is 0 Å². The van der Waals surface area contributed by atoms with Crippen molar-refractivity contribution in [1.29, 1.82) is 0 Å². The van der Waals surface area contributed by atoms with Crippen molar-refractivity contribution < 1.29 is 18.3 Å². The summed E-state index contributed by atoms with van der Waals surface area (Å²) in [5, 5.41) is 13.9. The molecule has 3 heterocycles. The summed E-state index contributed by atoms with van der Waals surface area (Å²) in [5.74, 6) is -0.374. The van der Waals surface area contributed by atoms with Crippen LogP contribution in [0.2, 0.25) is 0 Å². The maximum atomic E-state index is 12.9. The van der Waals surface area contributed by atoms with Crippen molar-refractivity contribution in [2.75, 3.05) is 0 Å². The number of aromatic nitrogens is 5. The first-order valence-corrected chi connectivity index (χ1v) is 7.40. The van der Waals surface area contributed by atoms with Gasteiger partial charge in [0.1, 0.15) is 17.0 Å². The fourth-order valence-electron chi connectivity index (χ4n) is 2.66. The molecule has 0 fully saturated rings.